The molecule has 0 spiro atoms. The summed E-state index contributed by atoms with van der Waals surface area (Å²) in [7, 11) is 0. The molecule has 2 rings (SSSR count). The van der Waals surface area contributed by atoms with Crippen LogP contribution < -0.4 is 5.32 Å². The number of rotatable bonds is 4. The third kappa shape index (κ3) is 4.04. The number of amides is 1. The molecule has 1 fully saturated rings. The van der Waals surface area contributed by atoms with E-state index in [1.807, 2.05) is 25.1 Å². The summed E-state index contributed by atoms with van der Waals surface area (Å²) in [5.74, 6) is -0.0610. The van der Waals surface area contributed by atoms with Crippen molar-refractivity contribution in [3.05, 3.63) is 33.8 Å². The van der Waals surface area contributed by atoms with Crippen LogP contribution >= 0.6 is 15.9 Å². The van der Waals surface area contributed by atoms with Gasteiger partial charge in [0, 0.05) is 24.1 Å². The molecule has 1 unspecified atom stereocenters. The zero-order valence-corrected chi connectivity index (χ0v) is 13.6. The maximum atomic E-state index is 12.2. The number of carbonyl (C=O) groups is 1. The molecular formula is C15H21BrN2O2. The molecule has 0 aromatic heterocycles. The predicted octanol–water partition coefficient (Wildman–Crippen LogP) is 2.21. The molecule has 1 aliphatic heterocycles. The van der Waals surface area contributed by atoms with E-state index in [0.717, 1.165) is 36.3 Å². The van der Waals surface area contributed by atoms with Gasteiger partial charge in [-0.1, -0.05) is 13.0 Å². The third-order valence-corrected chi connectivity index (χ3v) is 4.19. The first-order valence-electron chi connectivity index (χ1n) is 6.98. The highest BCUT2D eigenvalue weighted by Gasteiger charge is 2.20. The number of aryl methyl sites for hydroxylation is 1. The van der Waals surface area contributed by atoms with Gasteiger partial charge in [-0.25, -0.2) is 0 Å². The van der Waals surface area contributed by atoms with Crippen LogP contribution in [0.5, 0.6) is 0 Å². The minimum atomic E-state index is -0.0610. The quantitative estimate of drug-likeness (QED) is 0.913. The first-order valence-corrected chi connectivity index (χ1v) is 7.77. The Morgan fingerprint density at radius 1 is 1.55 bits per heavy atom. The minimum absolute atomic E-state index is 0.0610. The lowest BCUT2D eigenvalue weighted by molar-refractivity contribution is -0.0246. The highest BCUT2D eigenvalue weighted by atomic mass is 79.9. The third-order valence-electron chi connectivity index (χ3n) is 3.53. The van der Waals surface area contributed by atoms with Gasteiger partial charge in [0.05, 0.1) is 18.3 Å². The van der Waals surface area contributed by atoms with Gasteiger partial charge >= 0.3 is 0 Å². The van der Waals surface area contributed by atoms with E-state index < -0.39 is 0 Å². The van der Waals surface area contributed by atoms with Gasteiger partial charge in [-0.15, -0.1) is 0 Å². The molecule has 20 heavy (non-hydrogen) atoms. The van der Waals surface area contributed by atoms with E-state index >= 15 is 0 Å². The summed E-state index contributed by atoms with van der Waals surface area (Å²) in [6, 6.07) is 5.73. The number of hydrogen-bond donors (Lipinski definition) is 1. The normalized spacial score (nSPS) is 19.9. The van der Waals surface area contributed by atoms with Crippen molar-refractivity contribution in [3.63, 3.8) is 0 Å². The van der Waals surface area contributed by atoms with Crippen LogP contribution in [0.1, 0.15) is 22.8 Å². The number of benzene rings is 1. The molecule has 0 aliphatic carbocycles. The fourth-order valence-electron chi connectivity index (χ4n) is 2.30. The molecule has 0 saturated carbocycles. The van der Waals surface area contributed by atoms with Gasteiger partial charge in [0.25, 0.3) is 5.91 Å². The molecule has 1 saturated heterocycles. The fourth-order valence-corrected chi connectivity index (χ4v) is 2.97. The average Bonchev–Trinajstić information content (AvgIpc) is 2.45. The number of nitrogens with one attached hydrogen (secondary N) is 1. The van der Waals surface area contributed by atoms with E-state index in [-0.39, 0.29) is 12.0 Å². The van der Waals surface area contributed by atoms with E-state index in [2.05, 4.69) is 33.1 Å². The van der Waals surface area contributed by atoms with Crippen LogP contribution in [0.15, 0.2) is 22.7 Å². The highest BCUT2D eigenvalue weighted by molar-refractivity contribution is 9.10. The molecule has 0 radical (unpaired) electrons. The van der Waals surface area contributed by atoms with Crippen molar-refractivity contribution >= 4 is 21.8 Å². The Morgan fingerprint density at radius 2 is 2.35 bits per heavy atom. The number of halogens is 1. The summed E-state index contributed by atoms with van der Waals surface area (Å²) in [5.41, 5.74) is 1.79. The summed E-state index contributed by atoms with van der Waals surface area (Å²) < 4.78 is 6.51. The van der Waals surface area contributed by atoms with Crippen molar-refractivity contribution in [1.82, 2.24) is 10.2 Å². The van der Waals surface area contributed by atoms with Crippen molar-refractivity contribution in [2.24, 2.45) is 0 Å². The molecule has 1 aromatic carbocycles. The monoisotopic (exact) mass is 340 g/mol. The molecule has 1 aliphatic rings. The largest absolute Gasteiger partial charge is 0.374 e. The van der Waals surface area contributed by atoms with Crippen molar-refractivity contribution < 1.29 is 9.53 Å². The summed E-state index contributed by atoms with van der Waals surface area (Å²) >= 11 is 3.43. The zero-order valence-electron chi connectivity index (χ0n) is 12.0. The van der Waals surface area contributed by atoms with Crippen LogP contribution in [0.3, 0.4) is 0 Å². The van der Waals surface area contributed by atoms with Crippen LogP contribution in [0.4, 0.5) is 0 Å². The summed E-state index contributed by atoms with van der Waals surface area (Å²) in [5, 5.41) is 2.95. The Labute approximate surface area is 128 Å². The lowest BCUT2D eigenvalue weighted by Gasteiger charge is -2.32. The van der Waals surface area contributed by atoms with Crippen molar-refractivity contribution in [2.45, 2.75) is 20.0 Å². The van der Waals surface area contributed by atoms with E-state index in [1.165, 1.54) is 0 Å². The molecule has 110 valence electrons. The summed E-state index contributed by atoms with van der Waals surface area (Å²) in [6.45, 7) is 8.32. The van der Waals surface area contributed by atoms with Crippen LogP contribution in [-0.2, 0) is 4.74 Å². The van der Waals surface area contributed by atoms with Crippen molar-refractivity contribution in [1.29, 1.82) is 0 Å². The van der Waals surface area contributed by atoms with Crippen molar-refractivity contribution in [3.8, 4) is 0 Å². The molecule has 1 aromatic rings. The number of ether oxygens (including phenoxy) is 1. The maximum Gasteiger partial charge on any atom is 0.252 e. The molecule has 1 atom stereocenters. The second-order valence-electron chi connectivity index (χ2n) is 5.08. The predicted molar refractivity (Wildman–Crippen MR) is 83.1 cm³/mol. The standard InChI is InChI=1S/C15H21BrN2O2/c1-3-18-6-7-20-12(10-18)9-17-15(19)13-5-4-11(2)8-14(13)16/h4-5,8,12H,3,6-7,9-10H2,1-2H3,(H,17,19). The number of likely N-dealkylation sites (N-methyl/N-ethyl adjacent to an activating group) is 1. The Kier molecular flexibility index (Phi) is 5.57. The molecular weight excluding hydrogens is 320 g/mol. The van der Waals surface area contributed by atoms with Crippen LogP contribution in [-0.4, -0.2) is 49.7 Å². The molecule has 1 heterocycles. The topological polar surface area (TPSA) is 41.6 Å². The Bertz CT molecular complexity index is 479. The van der Waals surface area contributed by atoms with Crippen molar-refractivity contribution in [2.75, 3.05) is 32.8 Å². The second-order valence-corrected chi connectivity index (χ2v) is 5.93. The Morgan fingerprint density at radius 3 is 3.05 bits per heavy atom. The van der Waals surface area contributed by atoms with E-state index in [4.69, 9.17) is 4.74 Å². The SMILES string of the molecule is CCN1CCOC(CNC(=O)c2ccc(C)cc2Br)C1. The van der Waals surface area contributed by atoms with Crippen LogP contribution in [0, 0.1) is 6.92 Å². The number of carbonyl (C=O) groups excluding carboxylic acids is 1. The lowest BCUT2D eigenvalue weighted by atomic mass is 10.1. The summed E-state index contributed by atoms with van der Waals surface area (Å²) in [4.78, 5) is 14.5. The van der Waals surface area contributed by atoms with Crippen LogP contribution in [0.2, 0.25) is 0 Å². The number of nitrogens with zero attached hydrogens (tertiary/aromatic N) is 1. The first-order chi connectivity index (χ1) is 9.60. The fraction of sp³-hybridized carbons (Fsp3) is 0.533. The van der Waals surface area contributed by atoms with Gasteiger partial charge in [0.15, 0.2) is 0 Å². The van der Waals surface area contributed by atoms with E-state index in [9.17, 15) is 4.79 Å². The van der Waals surface area contributed by atoms with Gasteiger partial charge in [-0.2, -0.15) is 0 Å². The average molecular weight is 341 g/mol. The Hall–Kier alpha value is -0.910. The maximum absolute atomic E-state index is 12.2. The Balaban J connectivity index is 1.88. The molecule has 0 bridgehead atoms. The minimum Gasteiger partial charge on any atom is -0.374 e. The lowest BCUT2D eigenvalue weighted by Crippen LogP contribution is -2.47. The van der Waals surface area contributed by atoms with Gasteiger partial charge in [0.1, 0.15) is 0 Å². The first kappa shape index (κ1) is 15.5. The van der Waals surface area contributed by atoms with Gasteiger partial charge in [-0.3, -0.25) is 9.69 Å². The van der Waals surface area contributed by atoms with E-state index in [0.29, 0.717) is 12.1 Å². The van der Waals surface area contributed by atoms with Gasteiger partial charge in [0.2, 0.25) is 0 Å². The van der Waals surface area contributed by atoms with Crippen LogP contribution in [0.25, 0.3) is 0 Å². The number of hydrogen-bond acceptors (Lipinski definition) is 3. The number of morpholine rings is 1. The van der Waals surface area contributed by atoms with Gasteiger partial charge < -0.3 is 10.1 Å². The second kappa shape index (κ2) is 7.20. The molecule has 1 N–H and O–H groups in total. The smallest absolute Gasteiger partial charge is 0.252 e. The highest BCUT2D eigenvalue weighted by Crippen LogP contribution is 2.18. The molecule has 4 nitrogen and oxygen atoms in total. The van der Waals surface area contributed by atoms with Gasteiger partial charge in [-0.05, 0) is 47.1 Å². The summed E-state index contributed by atoms with van der Waals surface area (Å²) in [6.07, 6.45) is 0.0804. The van der Waals surface area contributed by atoms with E-state index in [1.54, 1.807) is 0 Å². The zero-order chi connectivity index (χ0) is 14.5. The molecule has 1 amide bonds. The molecule has 5 heteroatoms.